The summed E-state index contributed by atoms with van der Waals surface area (Å²) in [6.45, 7) is 1.32. The summed E-state index contributed by atoms with van der Waals surface area (Å²) in [6.07, 6.45) is 0.0474. The second-order valence-electron chi connectivity index (χ2n) is 6.50. The minimum absolute atomic E-state index is 0.00442. The lowest BCUT2D eigenvalue weighted by atomic mass is 10.1. The summed E-state index contributed by atoms with van der Waals surface area (Å²) >= 11 is 0. The number of rotatable bonds is 9. The molecule has 7 heteroatoms. The van der Waals surface area contributed by atoms with Gasteiger partial charge in [0.25, 0.3) is 0 Å². The second kappa shape index (κ2) is 9.32. The molecule has 2 aromatic carbocycles. The van der Waals surface area contributed by atoms with Crippen LogP contribution in [0.2, 0.25) is 0 Å². The van der Waals surface area contributed by atoms with Crippen molar-refractivity contribution in [2.45, 2.75) is 19.1 Å². The zero-order valence-electron chi connectivity index (χ0n) is 16.1. The van der Waals surface area contributed by atoms with Crippen LogP contribution in [-0.2, 0) is 17.8 Å². The maximum atomic E-state index is 12.1. The molecular formula is C21H25NO6. The molecule has 1 amide bonds. The van der Waals surface area contributed by atoms with Crippen LogP contribution < -0.4 is 14.2 Å². The van der Waals surface area contributed by atoms with Crippen LogP contribution in [0.4, 0.5) is 4.79 Å². The molecule has 0 aliphatic carbocycles. The van der Waals surface area contributed by atoms with E-state index in [1.165, 1.54) is 0 Å². The lowest BCUT2D eigenvalue weighted by molar-refractivity contribution is 0.103. The SMILES string of the molecule is COc1ccc(CCN2CC(COc3ccc(CO)cc3)OC2=O)cc1OC. The Hall–Kier alpha value is -2.93. The van der Waals surface area contributed by atoms with Crippen molar-refractivity contribution < 1.29 is 28.8 Å². The molecule has 1 heterocycles. The number of amides is 1. The van der Waals surface area contributed by atoms with E-state index < -0.39 is 0 Å². The van der Waals surface area contributed by atoms with E-state index in [0.717, 1.165) is 11.1 Å². The largest absolute Gasteiger partial charge is 0.493 e. The Balaban J connectivity index is 1.49. The van der Waals surface area contributed by atoms with E-state index in [2.05, 4.69) is 0 Å². The standard InChI is InChI=1S/C21H25NO6/c1-25-19-8-5-15(11-20(19)26-2)9-10-22-12-18(28-21(22)24)14-27-17-6-3-16(13-23)4-7-17/h3-8,11,18,23H,9-10,12-14H2,1-2H3. The topological polar surface area (TPSA) is 77.5 Å². The first-order valence-electron chi connectivity index (χ1n) is 9.12. The molecule has 1 N–H and O–H groups in total. The molecule has 28 heavy (non-hydrogen) atoms. The van der Waals surface area contributed by atoms with Gasteiger partial charge in [0.1, 0.15) is 12.4 Å². The Morgan fingerprint density at radius 2 is 1.79 bits per heavy atom. The summed E-state index contributed by atoms with van der Waals surface area (Å²) in [5.41, 5.74) is 1.87. The van der Waals surface area contributed by atoms with Crippen LogP contribution in [0.5, 0.6) is 17.2 Å². The van der Waals surface area contributed by atoms with Crippen molar-refractivity contribution in [3.05, 3.63) is 53.6 Å². The third kappa shape index (κ3) is 4.86. The highest BCUT2D eigenvalue weighted by atomic mass is 16.6. The van der Waals surface area contributed by atoms with E-state index in [0.29, 0.717) is 36.8 Å². The first kappa shape index (κ1) is 19.8. The number of carbonyl (C=O) groups excluding carboxylic acids is 1. The average Bonchev–Trinajstić information content (AvgIpc) is 3.10. The Labute approximate surface area is 164 Å². The number of benzene rings is 2. The van der Waals surface area contributed by atoms with Crippen LogP contribution >= 0.6 is 0 Å². The quantitative estimate of drug-likeness (QED) is 0.713. The number of methoxy groups -OCH3 is 2. The minimum Gasteiger partial charge on any atom is -0.493 e. The lowest BCUT2D eigenvalue weighted by Gasteiger charge is -2.14. The van der Waals surface area contributed by atoms with Crippen molar-refractivity contribution in [2.75, 3.05) is 33.9 Å². The predicted octanol–water partition coefficient (Wildman–Crippen LogP) is 2.64. The van der Waals surface area contributed by atoms with Crippen molar-refractivity contribution >= 4 is 6.09 Å². The van der Waals surface area contributed by atoms with E-state index in [1.807, 2.05) is 18.2 Å². The zero-order chi connectivity index (χ0) is 19.9. The van der Waals surface area contributed by atoms with Gasteiger partial charge in [0.05, 0.1) is 27.4 Å². The van der Waals surface area contributed by atoms with Gasteiger partial charge in [-0.05, 0) is 41.8 Å². The molecule has 1 unspecified atom stereocenters. The molecule has 0 radical (unpaired) electrons. The average molecular weight is 387 g/mol. The molecule has 1 fully saturated rings. The monoisotopic (exact) mass is 387 g/mol. The fourth-order valence-corrected chi connectivity index (χ4v) is 3.02. The van der Waals surface area contributed by atoms with E-state index in [-0.39, 0.29) is 25.4 Å². The number of hydrogen-bond donors (Lipinski definition) is 1. The van der Waals surface area contributed by atoms with Crippen molar-refractivity contribution in [3.63, 3.8) is 0 Å². The molecule has 3 rings (SSSR count). The van der Waals surface area contributed by atoms with Gasteiger partial charge in [0.15, 0.2) is 17.6 Å². The molecule has 1 aliphatic rings. The summed E-state index contributed by atoms with van der Waals surface area (Å²) in [6, 6.07) is 12.9. The highest BCUT2D eigenvalue weighted by molar-refractivity contribution is 5.69. The number of nitrogens with zero attached hydrogens (tertiary/aromatic N) is 1. The first-order valence-corrected chi connectivity index (χ1v) is 9.12. The number of ether oxygens (including phenoxy) is 4. The molecule has 0 bridgehead atoms. The predicted molar refractivity (Wildman–Crippen MR) is 103 cm³/mol. The maximum Gasteiger partial charge on any atom is 0.410 e. The summed E-state index contributed by atoms with van der Waals surface area (Å²) in [5.74, 6) is 2.02. The molecule has 0 aromatic heterocycles. The van der Waals surface area contributed by atoms with Crippen LogP contribution in [0.15, 0.2) is 42.5 Å². The van der Waals surface area contributed by atoms with Crippen LogP contribution in [0.1, 0.15) is 11.1 Å². The van der Waals surface area contributed by atoms with Crippen LogP contribution in [0.3, 0.4) is 0 Å². The number of hydrogen-bond acceptors (Lipinski definition) is 6. The van der Waals surface area contributed by atoms with Gasteiger partial charge in [0.2, 0.25) is 0 Å². The van der Waals surface area contributed by atoms with E-state index in [1.54, 1.807) is 43.4 Å². The van der Waals surface area contributed by atoms with E-state index in [4.69, 9.17) is 24.1 Å². The van der Waals surface area contributed by atoms with Crippen molar-refractivity contribution in [1.29, 1.82) is 0 Å². The van der Waals surface area contributed by atoms with Crippen molar-refractivity contribution in [2.24, 2.45) is 0 Å². The van der Waals surface area contributed by atoms with Gasteiger partial charge in [0, 0.05) is 6.54 Å². The van der Waals surface area contributed by atoms with Crippen LogP contribution in [0, 0.1) is 0 Å². The Morgan fingerprint density at radius 3 is 2.46 bits per heavy atom. The van der Waals surface area contributed by atoms with E-state index in [9.17, 15) is 4.79 Å². The second-order valence-corrected chi connectivity index (χ2v) is 6.50. The molecule has 0 saturated carbocycles. The van der Waals surface area contributed by atoms with Gasteiger partial charge in [-0.25, -0.2) is 4.79 Å². The fraction of sp³-hybridized carbons (Fsp3) is 0.381. The van der Waals surface area contributed by atoms with Crippen molar-refractivity contribution in [3.8, 4) is 17.2 Å². The van der Waals surface area contributed by atoms with Gasteiger partial charge < -0.3 is 29.0 Å². The third-order valence-electron chi connectivity index (χ3n) is 4.61. The molecule has 0 spiro atoms. The Kier molecular flexibility index (Phi) is 6.60. The number of cyclic esters (lactones) is 1. The van der Waals surface area contributed by atoms with Crippen molar-refractivity contribution in [1.82, 2.24) is 4.90 Å². The lowest BCUT2D eigenvalue weighted by Crippen LogP contribution is -2.28. The number of aliphatic hydroxyl groups is 1. The zero-order valence-corrected chi connectivity index (χ0v) is 16.1. The number of aliphatic hydroxyl groups excluding tert-OH is 1. The summed E-state index contributed by atoms with van der Waals surface area (Å²) in [5, 5.41) is 9.06. The Morgan fingerprint density at radius 1 is 1.07 bits per heavy atom. The first-order chi connectivity index (χ1) is 13.6. The molecule has 1 saturated heterocycles. The van der Waals surface area contributed by atoms with Gasteiger partial charge in [-0.3, -0.25) is 0 Å². The van der Waals surface area contributed by atoms with E-state index >= 15 is 0 Å². The fourth-order valence-electron chi connectivity index (χ4n) is 3.02. The molecule has 1 aliphatic heterocycles. The van der Waals surface area contributed by atoms with Gasteiger partial charge in [-0.1, -0.05) is 18.2 Å². The molecule has 7 nitrogen and oxygen atoms in total. The highest BCUT2D eigenvalue weighted by Crippen LogP contribution is 2.28. The summed E-state index contributed by atoms with van der Waals surface area (Å²) < 4.78 is 21.6. The maximum absolute atomic E-state index is 12.1. The third-order valence-corrected chi connectivity index (χ3v) is 4.61. The number of carbonyl (C=O) groups is 1. The van der Waals surface area contributed by atoms with Crippen LogP contribution in [0.25, 0.3) is 0 Å². The minimum atomic E-state index is -0.329. The van der Waals surface area contributed by atoms with Gasteiger partial charge >= 0.3 is 6.09 Å². The molecule has 150 valence electrons. The van der Waals surface area contributed by atoms with Gasteiger partial charge in [-0.2, -0.15) is 0 Å². The summed E-state index contributed by atoms with van der Waals surface area (Å²) in [4.78, 5) is 13.8. The summed E-state index contributed by atoms with van der Waals surface area (Å²) in [7, 11) is 3.20. The van der Waals surface area contributed by atoms with Gasteiger partial charge in [-0.15, -0.1) is 0 Å². The normalized spacial score (nSPS) is 16.0. The molecule has 1 atom stereocenters. The highest BCUT2D eigenvalue weighted by Gasteiger charge is 2.31. The molecular weight excluding hydrogens is 362 g/mol. The smallest absolute Gasteiger partial charge is 0.410 e. The molecule has 2 aromatic rings. The van der Waals surface area contributed by atoms with Crippen LogP contribution in [-0.4, -0.2) is 56.1 Å². The Bertz CT molecular complexity index is 792.